The molecule has 0 unspecified atom stereocenters. The van der Waals surface area contributed by atoms with Gasteiger partial charge in [-0.2, -0.15) is 0 Å². The maximum Gasteiger partial charge on any atom is 0.173 e. The molecule has 0 bridgehead atoms. The molecule has 1 aliphatic carbocycles. The Morgan fingerprint density at radius 2 is 1.80 bits per heavy atom. The van der Waals surface area contributed by atoms with Crippen LogP contribution in [0.4, 0.5) is 5.69 Å². The monoisotopic (exact) mass is 419 g/mol. The van der Waals surface area contributed by atoms with Gasteiger partial charge in [-0.3, -0.25) is 0 Å². The third-order valence-corrected chi connectivity index (χ3v) is 6.81. The van der Waals surface area contributed by atoms with Gasteiger partial charge in [0, 0.05) is 42.4 Å². The molecule has 0 amide bonds. The van der Waals surface area contributed by atoms with Crippen molar-refractivity contribution >= 4 is 33.9 Å². The Hall–Kier alpha value is -2.33. The molecule has 158 valence electrons. The van der Waals surface area contributed by atoms with E-state index in [0.717, 1.165) is 17.3 Å². The lowest BCUT2D eigenvalue weighted by Gasteiger charge is -2.34. The summed E-state index contributed by atoms with van der Waals surface area (Å²) in [7, 11) is 2.13. The summed E-state index contributed by atoms with van der Waals surface area (Å²) < 4.78 is 2.23. The van der Waals surface area contributed by atoms with E-state index in [1.54, 1.807) is 0 Å². The zero-order valence-electron chi connectivity index (χ0n) is 18.4. The highest BCUT2D eigenvalue weighted by atomic mass is 32.1. The van der Waals surface area contributed by atoms with Crippen LogP contribution in [0.25, 0.3) is 10.9 Å². The van der Waals surface area contributed by atoms with Gasteiger partial charge in [-0.25, -0.2) is 0 Å². The first-order valence-corrected chi connectivity index (χ1v) is 11.6. The van der Waals surface area contributed by atoms with Gasteiger partial charge in [-0.15, -0.1) is 0 Å². The van der Waals surface area contributed by atoms with Gasteiger partial charge in [-0.1, -0.05) is 61.6 Å². The molecular weight excluding hydrogens is 386 g/mol. The first-order valence-electron chi connectivity index (χ1n) is 11.2. The molecule has 1 heterocycles. The molecule has 4 rings (SSSR count). The van der Waals surface area contributed by atoms with Gasteiger partial charge < -0.3 is 14.8 Å². The quantitative estimate of drug-likeness (QED) is 0.374. The lowest BCUT2D eigenvalue weighted by atomic mass is 10.1. The highest BCUT2D eigenvalue weighted by Gasteiger charge is 2.24. The number of hydrogen-bond acceptors (Lipinski definition) is 1. The molecule has 1 aliphatic rings. The van der Waals surface area contributed by atoms with Gasteiger partial charge in [0.05, 0.1) is 0 Å². The maximum absolute atomic E-state index is 6.01. The molecule has 4 heteroatoms. The SMILES string of the molecule is Cc1ccc(NC(=S)N(Cc2cn(C)c3ccccc23)C2CCCCCC2)c(C)c1. The van der Waals surface area contributed by atoms with Crippen LogP contribution in [0.15, 0.2) is 48.7 Å². The Kier molecular flexibility index (Phi) is 6.43. The standard InChI is InChI=1S/C26H33N3S/c1-19-14-15-24(20(2)16-19)27-26(30)29(22-10-6-4-5-7-11-22)18-21-17-28(3)25-13-9-8-12-23(21)25/h8-9,12-17,22H,4-7,10-11,18H2,1-3H3,(H,27,30). The van der Waals surface area contributed by atoms with Crippen molar-refractivity contribution in [3.8, 4) is 0 Å². The number of aromatic nitrogens is 1. The van der Waals surface area contributed by atoms with Crippen molar-refractivity contribution in [2.24, 2.45) is 7.05 Å². The topological polar surface area (TPSA) is 20.2 Å². The van der Waals surface area contributed by atoms with Crippen LogP contribution in [0, 0.1) is 13.8 Å². The number of thiocarbonyl (C=S) groups is 1. The van der Waals surface area contributed by atoms with Crippen LogP contribution in [0.3, 0.4) is 0 Å². The number of para-hydroxylation sites is 1. The Bertz CT molecular complexity index is 1030. The average Bonchev–Trinajstić information content (AvgIpc) is 2.89. The van der Waals surface area contributed by atoms with Gasteiger partial charge in [0.2, 0.25) is 0 Å². The van der Waals surface area contributed by atoms with E-state index in [1.807, 2.05) is 0 Å². The van der Waals surface area contributed by atoms with Crippen molar-refractivity contribution < 1.29 is 0 Å². The van der Waals surface area contributed by atoms with E-state index in [-0.39, 0.29) is 0 Å². The third kappa shape index (κ3) is 4.54. The van der Waals surface area contributed by atoms with Crippen LogP contribution >= 0.6 is 12.2 Å². The summed E-state index contributed by atoms with van der Waals surface area (Å²) in [4.78, 5) is 2.46. The van der Waals surface area contributed by atoms with Crippen LogP contribution in [0.2, 0.25) is 0 Å². The van der Waals surface area contributed by atoms with Gasteiger partial charge in [0.15, 0.2) is 5.11 Å². The van der Waals surface area contributed by atoms with Crippen LogP contribution in [-0.4, -0.2) is 20.6 Å². The third-order valence-electron chi connectivity index (χ3n) is 6.47. The smallest absolute Gasteiger partial charge is 0.173 e. The fourth-order valence-corrected chi connectivity index (χ4v) is 5.14. The second kappa shape index (κ2) is 9.22. The zero-order chi connectivity index (χ0) is 21.1. The van der Waals surface area contributed by atoms with Gasteiger partial charge >= 0.3 is 0 Å². The van der Waals surface area contributed by atoms with Crippen LogP contribution in [-0.2, 0) is 13.6 Å². The lowest BCUT2D eigenvalue weighted by molar-refractivity contribution is 0.281. The van der Waals surface area contributed by atoms with E-state index in [0.29, 0.717) is 6.04 Å². The second-order valence-corrected chi connectivity index (χ2v) is 9.19. The fraction of sp³-hybridized carbons (Fsp3) is 0.423. The first-order chi connectivity index (χ1) is 14.5. The van der Waals surface area contributed by atoms with Crippen LogP contribution in [0.5, 0.6) is 0 Å². The predicted molar refractivity (Wildman–Crippen MR) is 132 cm³/mol. The molecule has 1 aromatic heterocycles. The first kappa shape index (κ1) is 20.9. The highest BCUT2D eigenvalue weighted by Crippen LogP contribution is 2.28. The number of nitrogens with one attached hydrogen (secondary N) is 1. The number of rotatable bonds is 4. The van der Waals surface area contributed by atoms with E-state index in [2.05, 4.69) is 84.3 Å². The minimum atomic E-state index is 0.497. The minimum Gasteiger partial charge on any atom is -0.350 e. The minimum absolute atomic E-state index is 0.497. The molecule has 0 saturated heterocycles. The predicted octanol–water partition coefficient (Wildman–Crippen LogP) is 6.72. The number of nitrogens with zero attached hydrogens (tertiary/aromatic N) is 2. The molecule has 0 aliphatic heterocycles. The largest absolute Gasteiger partial charge is 0.350 e. The fourth-order valence-electron chi connectivity index (χ4n) is 4.81. The summed E-state index contributed by atoms with van der Waals surface area (Å²) in [6.07, 6.45) is 9.99. The Morgan fingerprint density at radius 1 is 1.07 bits per heavy atom. The molecule has 1 N–H and O–H groups in total. The Labute approximate surface area is 186 Å². The second-order valence-electron chi connectivity index (χ2n) is 8.80. The highest BCUT2D eigenvalue weighted by molar-refractivity contribution is 7.80. The zero-order valence-corrected chi connectivity index (χ0v) is 19.3. The lowest BCUT2D eigenvalue weighted by Crippen LogP contribution is -2.42. The molecule has 30 heavy (non-hydrogen) atoms. The van der Waals surface area contributed by atoms with E-state index in [1.165, 1.54) is 66.1 Å². The van der Waals surface area contributed by atoms with E-state index >= 15 is 0 Å². The van der Waals surface area contributed by atoms with E-state index < -0.39 is 0 Å². The van der Waals surface area contributed by atoms with Gasteiger partial charge in [0.25, 0.3) is 0 Å². The molecule has 3 aromatic rings. The summed E-state index contributed by atoms with van der Waals surface area (Å²) in [6, 6.07) is 15.7. The molecule has 1 fully saturated rings. The summed E-state index contributed by atoms with van der Waals surface area (Å²) in [6.45, 7) is 5.13. The summed E-state index contributed by atoms with van der Waals surface area (Å²) in [5, 5.41) is 5.76. The summed E-state index contributed by atoms with van der Waals surface area (Å²) in [5.74, 6) is 0. The van der Waals surface area contributed by atoms with E-state index in [4.69, 9.17) is 12.2 Å². The number of anilines is 1. The van der Waals surface area contributed by atoms with Crippen molar-refractivity contribution in [2.45, 2.75) is 65.0 Å². The number of benzene rings is 2. The molecular formula is C26H33N3S. The Balaban J connectivity index is 1.64. The molecule has 1 saturated carbocycles. The maximum atomic E-state index is 6.01. The average molecular weight is 420 g/mol. The van der Waals surface area contributed by atoms with Gasteiger partial charge in [0.1, 0.15) is 0 Å². The van der Waals surface area contributed by atoms with Crippen LogP contribution in [0.1, 0.15) is 55.2 Å². The van der Waals surface area contributed by atoms with Crippen molar-refractivity contribution in [3.05, 3.63) is 65.4 Å². The normalized spacial score (nSPS) is 15.2. The molecule has 0 radical (unpaired) electrons. The summed E-state index contributed by atoms with van der Waals surface area (Å²) in [5.41, 5.74) is 6.26. The molecule has 0 atom stereocenters. The van der Waals surface area contributed by atoms with Crippen molar-refractivity contribution in [3.63, 3.8) is 0 Å². The van der Waals surface area contributed by atoms with Crippen molar-refractivity contribution in [1.29, 1.82) is 0 Å². The van der Waals surface area contributed by atoms with E-state index in [9.17, 15) is 0 Å². The molecule has 0 spiro atoms. The molecule has 3 nitrogen and oxygen atoms in total. The van der Waals surface area contributed by atoms with Crippen molar-refractivity contribution in [2.75, 3.05) is 5.32 Å². The number of fused-ring (bicyclic) bond motifs is 1. The number of hydrogen-bond donors (Lipinski definition) is 1. The van der Waals surface area contributed by atoms with Gasteiger partial charge in [-0.05, 0) is 62.2 Å². The van der Waals surface area contributed by atoms with Crippen LogP contribution < -0.4 is 5.32 Å². The number of aryl methyl sites for hydroxylation is 3. The Morgan fingerprint density at radius 3 is 2.53 bits per heavy atom. The molecule has 2 aromatic carbocycles. The summed E-state index contributed by atoms with van der Waals surface area (Å²) >= 11 is 6.01. The van der Waals surface area contributed by atoms with Crippen molar-refractivity contribution in [1.82, 2.24) is 9.47 Å².